The van der Waals surface area contributed by atoms with Gasteiger partial charge in [0.1, 0.15) is 5.76 Å². The smallest absolute Gasteiger partial charge is 0.230 e. The van der Waals surface area contributed by atoms with E-state index in [1.165, 1.54) is 24.8 Å². The van der Waals surface area contributed by atoms with Crippen molar-refractivity contribution in [1.29, 1.82) is 0 Å². The van der Waals surface area contributed by atoms with E-state index in [1.807, 2.05) is 13.8 Å². The van der Waals surface area contributed by atoms with Gasteiger partial charge >= 0.3 is 0 Å². The minimum atomic E-state index is -0.104. The summed E-state index contributed by atoms with van der Waals surface area (Å²) in [6, 6.07) is 8.46. The Balaban J connectivity index is 1.58. The number of aryl methyl sites for hydroxylation is 2. The molecule has 27 heavy (non-hydrogen) atoms. The molecule has 3 rings (SSSR count). The van der Waals surface area contributed by atoms with E-state index < -0.39 is 0 Å². The highest BCUT2D eigenvalue weighted by Gasteiger charge is 2.33. The third-order valence-electron chi connectivity index (χ3n) is 5.33. The summed E-state index contributed by atoms with van der Waals surface area (Å²) in [6.07, 6.45) is 6.65. The fraction of sp³-hybridized carbons (Fsp3) is 0.524. The van der Waals surface area contributed by atoms with Crippen molar-refractivity contribution in [2.45, 2.75) is 63.7 Å². The van der Waals surface area contributed by atoms with Crippen LogP contribution in [0.25, 0.3) is 0 Å². The summed E-state index contributed by atoms with van der Waals surface area (Å²) in [5.74, 6) is 2.20. The van der Waals surface area contributed by atoms with Gasteiger partial charge in [-0.05, 0) is 50.8 Å². The van der Waals surface area contributed by atoms with E-state index >= 15 is 0 Å². The number of hydrogen-bond donors (Lipinski definition) is 1. The number of halogens is 1. The Morgan fingerprint density at radius 3 is 2.56 bits per heavy atom. The second kappa shape index (κ2) is 9.28. The molecular formula is C21H27BrN2O2S. The van der Waals surface area contributed by atoms with Crippen molar-refractivity contribution in [3.8, 4) is 0 Å². The average molecular weight is 451 g/mol. The van der Waals surface area contributed by atoms with Crippen LogP contribution in [0.4, 0.5) is 0 Å². The van der Waals surface area contributed by atoms with Crippen LogP contribution in [0.5, 0.6) is 0 Å². The van der Waals surface area contributed by atoms with E-state index in [1.54, 1.807) is 11.8 Å². The van der Waals surface area contributed by atoms with Crippen LogP contribution in [0.1, 0.15) is 54.7 Å². The zero-order valence-electron chi connectivity index (χ0n) is 16.0. The lowest BCUT2D eigenvalue weighted by Crippen LogP contribution is -2.52. The van der Waals surface area contributed by atoms with Gasteiger partial charge in [0.25, 0.3) is 0 Å². The van der Waals surface area contributed by atoms with Crippen molar-refractivity contribution in [3.63, 3.8) is 0 Å². The highest BCUT2D eigenvalue weighted by atomic mass is 79.9. The largest absolute Gasteiger partial charge is 0.361 e. The lowest BCUT2D eigenvalue weighted by atomic mass is 9.77. The normalized spacial score (nSPS) is 16.3. The Bertz CT molecular complexity index is 747. The predicted molar refractivity (Wildman–Crippen MR) is 114 cm³/mol. The number of rotatable bonds is 7. The van der Waals surface area contributed by atoms with Gasteiger partial charge in [-0.1, -0.05) is 52.5 Å². The summed E-state index contributed by atoms with van der Waals surface area (Å²) in [4.78, 5) is 12.7. The molecule has 0 unspecified atom stereocenters. The number of benzene rings is 1. The molecule has 1 aliphatic rings. The van der Waals surface area contributed by atoms with Gasteiger partial charge in [0.15, 0.2) is 0 Å². The average Bonchev–Trinajstić information content (AvgIpc) is 2.96. The van der Waals surface area contributed by atoms with Crippen LogP contribution in [-0.4, -0.2) is 22.4 Å². The molecule has 1 aromatic carbocycles. The Kier molecular flexibility index (Phi) is 7.04. The summed E-state index contributed by atoms with van der Waals surface area (Å²) in [6.45, 7) is 3.87. The highest BCUT2D eigenvalue weighted by Crippen LogP contribution is 2.32. The van der Waals surface area contributed by atoms with Gasteiger partial charge in [-0.25, -0.2) is 0 Å². The lowest BCUT2D eigenvalue weighted by molar-refractivity contribution is -0.120. The first-order valence-corrected chi connectivity index (χ1v) is 11.5. The third-order valence-corrected chi connectivity index (χ3v) is 6.82. The first-order valence-electron chi connectivity index (χ1n) is 9.52. The molecule has 0 radical (unpaired) electrons. The van der Waals surface area contributed by atoms with Gasteiger partial charge < -0.3 is 9.84 Å². The number of thioether (sulfide) groups is 1. The molecule has 0 saturated heterocycles. The minimum Gasteiger partial charge on any atom is -0.361 e. The van der Waals surface area contributed by atoms with E-state index in [4.69, 9.17) is 4.52 Å². The number of carbonyl (C=O) groups excluding carboxylic acids is 1. The van der Waals surface area contributed by atoms with Crippen LogP contribution in [0.3, 0.4) is 0 Å². The van der Waals surface area contributed by atoms with Gasteiger partial charge in [-0.3, -0.25) is 4.79 Å². The molecule has 146 valence electrons. The van der Waals surface area contributed by atoms with Crippen LogP contribution in [-0.2, 0) is 17.0 Å². The molecule has 1 aromatic heterocycles. The van der Waals surface area contributed by atoms with Crippen LogP contribution in [0.15, 0.2) is 33.3 Å². The predicted octanol–water partition coefficient (Wildman–Crippen LogP) is 5.35. The fourth-order valence-corrected chi connectivity index (χ4v) is 5.09. The Hall–Kier alpha value is -1.27. The molecule has 1 N–H and O–H groups in total. The monoisotopic (exact) mass is 450 g/mol. The summed E-state index contributed by atoms with van der Waals surface area (Å²) in [5, 5.41) is 7.37. The molecule has 0 bridgehead atoms. The molecule has 0 aliphatic heterocycles. The van der Waals surface area contributed by atoms with Crippen LogP contribution in [0, 0.1) is 13.8 Å². The van der Waals surface area contributed by atoms with Gasteiger partial charge in [0.05, 0.1) is 11.4 Å². The SMILES string of the molecule is Cc1noc(C)c1CSCC(=O)NC1(Cc2ccc(Br)cc2)CCCCC1. The zero-order chi connectivity index (χ0) is 19.3. The van der Waals surface area contributed by atoms with Crippen molar-refractivity contribution in [1.82, 2.24) is 10.5 Å². The molecule has 2 aromatic rings. The standard InChI is InChI=1S/C21H27BrN2O2S/c1-15-19(16(2)26-24-15)13-27-14-20(25)23-21(10-4-3-5-11-21)12-17-6-8-18(22)9-7-17/h6-9H,3-5,10-14H2,1-2H3,(H,23,25). The van der Waals surface area contributed by atoms with Crippen molar-refractivity contribution < 1.29 is 9.32 Å². The molecule has 1 fully saturated rings. The topological polar surface area (TPSA) is 55.1 Å². The molecule has 0 atom stereocenters. The molecule has 1 amide bonds. The first kappa shape index (κ1) is 20.5. The second-order valence-corrected chi connectivity index (χ2v) is 9.39. The number of nitrogens with one attached hydrogen (secondary N) is 1. The lowest BCUT2D eigenvalue weighted by Gasteiger charge is -2.38. The third kappa shape index (κ3) is 5.61. The van der Waals surface area contributed by atoms with Gasteiger partial charge in [-0.15, -0.1) is 11.8 Å². The Morgan fingerprint density at radius 2 is 1.93 bits per heavy atom. The van der Waals surface area contributed by atoms with Crippen LogP contribution in [0.2, 0.25) is 0 Å². The number of nitrogens with zero attached hydrogens (tertiary/aromatic N) is 1. The first-order chi connectivity index (χ1) is 13.0. The van der Waals surface area contributed by atoms with Crippen molar-refractivity contribution in [2.75, 3.05) is 5.75 Å². The Morgan fingerprint density at radius 1 is 1.22 bits per heavy atom. The molecule has 1 aliphatic carbocycles. The van der Waals surface area contributed by atoms with E-state index in [0.29, 0.717) is 5.75 Å². The minimum absolute atomic E-state index is 0.104. The molecule has 1 heterocycles. The van der Waals surface area contributed by atoms with Gasteiger partial charge in [0.2, 0.25) is 5.91 Å². The van der Waals surface area contributed by atoms with Crippen LogP contribution >= 0.6 is 27.7 Å². The fourth-order valence-electron chi connectivity index (χ4n) is 3.85. The van der Waals surface area contributed by atoms with Gasteiger partial charge in [0, 0.05) is 21.3 Å². The van der Waals surface area contributed by atoms with E-state index in [9.17, 15) is 4.79 Å². The van der Waals surface area contributed by atoms with Gasteiger partial charge in [-0.2, -0.15) is 0 Å². The molecule has 4 nitrogen and oxygen atoms in total. The van der Waals surface area contributed by atoms with Crippen LogP contribution < -0.4 is 5.32 Å². The molecule has 1 saturated carbocycles. The quantitative estimate of drug-likeness (QED) is 0.617. The summed E-state index contributed by atoms with van der Waals surface area (Å²) >= 11 is 5.12. The van der Waals surface area contributed by atoms with Crippen molar-refractivity contribution in [2.24, 2.45) is 0 Å². The highest BCUT2D eigenvalue weighted by molar-refractivity contribution is 9.10. The Labute approximate surface area is 174 Å². The van der Waals surface area contributed by atoms with E-state index in [0.717, 1.165) is 46.5 Å². The maximum Gasteiger partial charge on any atom is 0.230 e. The molecular weight excluding hydrogens is 424 g/mol. The number of carbonyl (C=O) groups is 1. The van der Waals surface area contributed by atoms with Crippen molar-refractivity contribution in [3.05, 3.63) is 51.3 Å². The number of aromatic nitrogens is 1. The maximum absolute atomic E-state index is 12.7. The van der Waals surface area contributed by atoms with E-state index in [-0.39, 0.29) is 11.4 Å². The maximum atomic E-state index is 12.7. The summed E-state index contributed by atoms with van der Waals surface area (Å²) < 4.78 is 6.28. The molecule has 0 spiro atoms. The summed E-state index contributed by atoms with van der Waals surface area (Å²) in [7, 11) is 0. The zero-order valence-corrected chi connectivity index (χ0v) is 18.4. The summed E-state index contributed by atoms with van der Waals surface area (Å²) in [5.41, 5.74) is 3.20. The van der Waals surface area contributed by atoms with Crippen molar-refractivity contribution >= 4 is 33.6 Å². The number of amides is 1. The molecule has 6 heteroatoms. The second-order valence-electron chi connectivity index (χ2n) is 7.49. The van der Waals surface area contributed by atoms with E-state index in [2.05, 4.69) is 50.7 Å². The number of hydrogen-bond acceptors (Lipinski definition) is 4.